The van der Waals surface area contributed by atoms with Gasteiger partial charge >= 0.3 is 0 Å². The van der Waals surface area contributed by atoms with Crippen molar-refractivity contribution in [1.29, 1.82) is 0 Å². The van der Waals surface area contributed by atoms with Gasteiger partial charge in [-0.15, -0.1) is 0 Å². The van der Waals surface area contributed by atoms with Gasteiger partial charge in [0.05, 0.1) is 4.47 Å². The van der Waals surface area contributed by atoms with E-state index in [4.69, 9.17) is 9.84 Å². The fraction of sp³-hybridized carbons (Fsp3) is 0.611. The third kappa shape index (κ3) is 4.89. The fourth-order valence-electron chi connectivity index (χ4n) is 3.50. The van der Waals surface area contributed by atoms with E-state index in [1.165, 1.54) is 4.31 Å². The van der Waals surface area contributed by atoms with E-state index in [1.807, 2.05) is 6.08 Å². The van der Waals surface area contributed by atoms with Crippen molar-refractivity contribution in [3.05, 3.63) is 28.8 Å². The van der Waals surface area contributed by atoms with Crippen molar-refractivity contribution in [2.75, 3.05) is 44.8 Å². The van der Waals surface area contributed by atoms with Crippen LogP contribution in [0.2, 0.25) is 0 Å². The Morgan fingerprint density at radius 1 is 1.30 bits per heavy atom. The Labute approximate surface area is 169 Å². The molecule has 1 fully saturated rings. The van der Waals surface area contributed by atoms with Crippen LogP contribution in [0.15, 0.2) is 33.8 Å². The Balaban J connectivity index is 1.86. The van der Waals surface area contributed by atoms with Crippen LogP contribution in [-0.4, -0.2) is 62.3 Å². The number of aliphatic hydroxyl groups excluding tert-OH is 1. The molecule has 7 nitrogen and oxygen atoms in total. The number of halogens is 1. The summed E-state index contributed by atoms with van der Waals surface area (Å²) in [6.07, 6.45) is 7.19. The SMILES string of the molecule is O=S(=O)(c1nc(NCCCO)ccc1Br)N1CC=CCC2(CCOCC2)C1. The summed E-state index contributed by atoms with van der Waals surface area (Å²) < 4.78 is 34.2. The van der Waals surface area contributed by atoms with Gasteiger partial charge in [0.25, 0.3) is 10.0 Å². The quantitative estimate of drug-likeness (QED) is 0.501. The van der Waals surface area contributed by atoms with Gasteiger partial charge in [0, 0.05) is 39.5 Å². The molecule has 3 rings (SSSR count). The lowest BCUT2D eigenvalue weighted by Gasteiger charge is -2.38. The number of pyridine rings is 1. The fourth-order valence-corrected chi connectivity index (χ4v) is 5.83. The van der Waals surface area contributed by atoms with Gasteiger partial charge in [-0.05, 0) is 59.2 Å². The smallest absolute Gasteiger partial charge is 0.262 e. The second-order valence-corrected chi connectivity index (χ2v) is 9.78. The average molecular weight is 460 g/mol. The van der Waals surface area contributed by atoms with E-state index in [-0.39, 0.29) is 17.0 Å². The first kappa shape index (κ1) is 20.7. The van der Waals surface area contributed by atoms with Crippen LogP contribution in [0, 0.1) is 5.41 Å². The highest BCUT2D eigenvalue weighted by molar-refractivity contribution is 9.10. The Hall–Kier alpha value is -1.00. The minimum atomic E-state index is -3.75. The summed E-state index contributed by atoms with van der Waals surface area (Å²) in [5.74, 6) is 0.483. The molecule has 1 spiro atoms. The minimum absolute atomic E-state index is 0.0222. The normalized spacial score (nSPS) is 20.5. The molecule has 0 unspecified atom stereocenters. The lowest BCUT2D eigenvalue weighted by Crippen LogP contribution is -2.43. The van der Waals surface area contributed by atoms with Crippen molar-refractivity contribution in [3.8, 4) is 0 Å². The van der Waals surface area contributed by atoms with E-state index in [9.17, 15) is 8.42 Å². The molecule has 0 atom stereocenters. The first-order valence-electron chi connectivity index (χ1n) is 9.21. The Morgan fingerprint density at radius 3 is 2.81 bits per heavy atom. The van der Waals surface area contributed by atoms with Crippen molar-refractivity contribution in [3.63, 3.8) is 0 Å². The number of ether oxygens (including phenoxy) is 1. The maximum atomic E-state index is 13.4. The van der Waals surface area contributed by atoms with Crippen LogP contribution >= 0.6 is 15.9 Å². The van der Waals surface area contributed by atoms with E-state index in [1.54, 1.807) is 12.1 Å². The highest BCUT2D eigenvalue weighted by atomic mass is 79.9. The minimum Gasteiger partial charge on any atom is -0.396 e. The van der Waals surface area contributed by atoms with Crippen LogP contribution in [0.3, 0.4) is 0 Å². The summed E-state index contributed by atoms with van der Waals surface area (Å²) in [5, 5.41) is 12.0. The zero-order chi connectivity index (χ0) is 19.3. The molecule has 0 amide bonds. The summed E-state index contributed by atoms with van der Waals surface area (Å²) >= 11 is 3.35. The third-order valence-electron chi connectivity index (χ3n) is 5.13. The first-order valence-corrected chi connectivity index (χ1v) is 11.4. The Kier molecular flexibility index (Phi) is 6.91. The van der Waals surface area contributed by atoms with Gasteiger partial charge in [-0.1, -0.05) is 12.2 Å². The number of rotatable bonds is 6. The number of sulfonamides is 1. The zero-order valence-corrected chi connectivity index (χ0v) is 17.6. The molecule has 2 N–H and O–H groups in total. The maximum absolute atomic E-state index is 13.4. The van der Waals surface area contributed by atoms with Gasteiger partial charge in [0.2, 0.25) is 0 Å². The second-order valence-electron chi connectivity index (χ2n) is 7.07. The van der Waals surface area contributed by atoms with Gasteiger partial charge in [-0.3, -0.25) is 0 Å². The molecule has 0 bridgehead atoms. The highest BCUT2D eigenvalue weighted by Crippen LogP contribution is 2.38. The van der Waals surface area contributed by atoms with E-state index in [0.717, 1.165) is 19.3 Å². The summed E-state index contributed by atoms with van der Waals surface area (Å²) in [6, 6.07) is 3.42. The second kappa shape index (κ2) is 9.00. The van der Waals surface area contributed by atoms with Crippen molar-refractivity contribution >= 4 is 31.8 Å². The molecule has 1 saturated heterocycles. The largest absolute Gasteiger partial charge is 0.396 e. The van der Waals surface area contributed by atoms with Gasteiger partial charge in [-0.2, -0.15) is 4.31 Å². The van der Waals surface area contributed by atoms with Gasteiger partial charge in [0.15, 0.2) is 5.03 Å². The van der Waals surface area contributed by atoms with Crippen molar-refractivity contribution in [2.24, 2.45) is 5.41 Å². The lowest BCUT2D eigenvalue weighted by atomic mass is 9.77. The number of aromatic nitrogens is 1. The van der Waals surface area contributed by atoms with Crippen LogP contribution < -0.4 is 5.32 Å². The van der Waals surface area contributed by atoms with E-state index in [0.29, 0.717) is 49.6 Å². The van der Waals surface area contributed by atoms with Gasteiger partial charge in [0.1, 0.15) is 5.82 Å². The number of hydrogen-bond acceptors (Lipinski definition) is 6. The molecular formula is C18H26BrN3O4S. The molecule has 2 aliphatic heterocycles. The molecule has 0 saturated carbocycles. The van der Waals surface area contributed by atoms with Gasteiger partial charge < -0.3 is 15.2 Å². The van der Waals surface area contributed by atoms with Crippen LogP contribution in [0.5, 0.6) is 0 Å². The van der Waals surface area contributed by atoms with Crippen LogP contribution in [0.25, 0.3) is 0 Å². The summed E-state index contributed by atoms with van der Waals surface area (Å²) in [7, 11) is -3.75. The van der Waals surface area contributed by atoms with Gasteiger partial charge in [-0.25, -0.2) is 13.4 Å². The molecule has 1 aromatic heterocycles. The molecule has 1 aromatic rings. The van der Waals surface area contributed by atoms with Crippen molar-refractivity contribution < 1.29 is 18.3 Å². The monoisotopic (exact) mass is 459 g/mol. The molecule has 0 aromatic carbocycles. The van der Waals surface area contributed by atoms with E-state index in [2.05, 4.69) is 32.3 Å². The Bertz CT molecular complexity index is 779. The number of aliphatic hydroxyl groups is 1. The molecule has 150 valence electrons. The summed E-state index contributed by atoms with van der Waals surface area (Å²) in [5.41, 5.74) is -0.0677. The molecule has 2 aliphatic rings. The predicted octanol–water partition coefficient (Wildman–Crippen LogP) is 2.39. The standard InChI is InChI=1S/C18H26BrN3O4S/c19-15-4-5-16(20-9-3-11-23)21-17(15)27(24,25)22-10-2-1-6-18(14-22)7-12-26-13-8-18/h1-2,4-5,23H,3,6-14H2,(H,20,21). The van der Waals surface area contributed by atoms with Crippen LogP contribution in [0.1, 0.15) is 25.7 Å². The summed E-state index contributed by atoms with van der Waals surface area (Å²) in [6.45, 7) is 2.77. The topological polar surface area (TPSA) is 91.8 Å². The van der Waals surface area contributed by atoms with Crippen molar-refractivity contribution in [2.45, 2.75) is 30.7 Å². The number of hydrogen-bond donors (Lipinski definition) is 2. The maximum Gasteiger partial charge on any atom is 0.262 e. The van der Waals surface area contributed by atoms with Crippen LogP contribution in [-0.2, 0) is 14.8 Å². The molecule has 9 heteroatoms. The number of allylic oxidation sites excluding steroid dienone is 1. The summed E-state index contributed by atoms with van der Waals surface area (Å²) in [4.78, 5) is 4.34. The first-order chi connectivity index (χ1) is 13.0. The van der Waals surface area contributed by atoms with Crippen LogP contribution in [0.4, 0.5) is 5.82 Å². The highest BCUT2D eigenvalue weighted by Gasteiger charge is 2.39. The third-order valence-corrected chi connectivity index (χ3v) is 7.79. The predicted molar refractivity (Wildman–Crippen MR) is 107 cm³/mol. The molecule has 0 radical (unpaired) electrons. The molecular weight excluding hydrogens is 434 g/mol. The zero-order valence-electron chi connectivity index (χ0n) is 15.2. The number of nitrogens with zero attached hydrogens (tertiary/aromatic N) is 2. The number of anilines is 1. The van der Waals surface area contributed by atoms with E-state index < -0.39 is 10.0 Å². The Morgan fingerprint density at radius 2 is 2.07 bits per heavy atom. The molecule has 3 heterocycles. The van der Waals surface area contributed by atoms with Crippen molar-refractivity contribution in [1.82, 2.24) is 9.29 Å². The average Bonchev–Trinajstić information content (AvgIpc) is 2.87. The van der Waals surface area contributed by atoms with E-state index >= 15 is 0 Å². The number of nitrogens with one attached hydrogen (secondary N) is 1. The molecule has 0 aliphatic carbocycles. The molecule has 27 heavy (non-hydrogen) atoms. The lowest BCUT2D eigenvalue weighted by molar-refractivity contribution is 0.00949.